The molecule has 1 aliphatic heterocycles. The maximum atomic E-state index is 8.94. The third kappa shape index (κ3) is 1.52. The molecule has 2 heterocycles. The first-order chi connectivity index (χ1) is 6.77. The Morgan fingerprint density at radius 2 is 2.57 bits per heavy atom. The van der Waals surface area contributed by atoms with E-state index < -0.39 is 0 Å². The normalized spacial score (nSPS) is 19.1. The number of rotatable bonds is 1. The molecular weight excluding hydrogens is 307 g/mol. The van der Waals surface area contributed by atoms with E-state index in [1.807, 2.05) is 11.8 Å². The van der Waals surface area contributed by atoms with Crippen LogP contribution in [0.1, 0.15) is 29.7 Å². The van der Waals surface area contributed by atoms with Gasteiger partial charge in [0.25, 0.3) is 0 Å². The second-order valence-corrected chi connectivity index (χ2v) is 5.12. The van der Waals surface area contributed by atoms with Crippen LogP contribution in [-0.4, -0.2) is 10.7 Å². The number of fused-ring (bicyclic) bond motifs is 1. The first-order valence-corrected chi connectivity index (χ1v) is 6.89. The molecule has 0 N–H and O–H groups in total. The fraction of sp³-hybridized carbons (Fsp3) is 0.400. The van der Waals surface area contributed by atoms with Gasteiger partial charge >= 0.3 is 0 Å². The number of nitriles is 1. The van der Waals surface area contributed by atoms with Crippen molar-refractivity contribution in [1.82, 2.24) is 4.98 Å². The molecule has 0 saturated carbocycles. The predicted octanol–water partition coefficient (Wildman–Crippen LogP) is 3.10. The SMILES string of the molecule is CC1CSc2c1ncc(C#N)c2CI. The minimum atomic E-state index is 0.532. The Hall–Kier alpha value is -0.280. The number of alkyl halides is 1. The third-order valence-electron chi connectivity index (χ3n) is 2.36. The van der Waals surface area contributed by atoms with Crippen molar-refractivity contribution in [2.75, 3.05) is 5.75 Å². The van der Waals surface area contributed by atoms with Gasteiger partial charge in [0.05, 0.1) is 11.3 Å². The lowest BCUT2D eigenvalue weighted by molar-refractivity contribution is 0.825. The van der Waals surface area contributed by atoms with E-state index in [0.29, 0.717) is 5.92 Å². The fourth-order valence-corrected chi connectivity index (χ4v) is 3.96. The molecule has 0 fully saturated rings. The summed E-state index contributed by atoms with van der Waals surface area (Å²) in [7, 11) is 0. The summed E-state index contributed by atoms with van der Waals surface area (Å²) in [5, 5.41) is 8.94. The minimum Gasteiger partial charge on any atom is -0.258 e. The molecule has 1 aromatic rings. The summed E-state index contributed by atoms with van der Waals surface area (Å²) < 4.78 is 0.894. The van der Waals surface area contributed by atoms with Gasteiger partial charge < -0.3 is 0 Å². The standard InChI is InChI=1S/C10H9IN2S/c1-6-5-14-10-8(2-11)7(3-12)4-13-9(6)10/h4,6H,2,5H2,1H3. The number of nitrogens with zero attached hydrogens (tertiary/aromatic N) is 2. The highest BCUT2D eigenvalue weighted by molar-refractivity contribution is 14.1. The van der Waals surface area contributed by atoms with Crippen LogP contribution in [0.4, 0.5) is 0 Å². The van der Waals surface area contributed by atoms with Crippen LogP contribution in [0.3, 0.4) is 0 Å². The van der Waals surface area contributed by atoms with E-state index in [1.54, 1.807) is 6.20 Å². The summed E-state index contributed by atoms with van der Waals surface area (Å²) in [6, 6.07) is 2.21. The van der Waals surface area contributed by atoms with Gasteiger partial charge in [-0.3, -0.25) is 4.98 Å². The molecule has 0 bridgehead atoms. The van der Waals surface area contributed by atoms with E-state index in [1.165, 1.54) is 16.2 Å². The molecule has 72 valence electrons. The molecule has 14 heavy (non-hydrogen) atoms. The third-order valence-corrected chi connectivity index (χ3v) is 4.54. The molecule has 0 aliphatic carbocycles. The lowest BCUT2D eigenvalue weighted by atomic mass is 10.1. The van der Waals surface area contributed by atoms with E-state index in [-0.39, 0.29) is 0 Å². The average Bonchev–Trinajstić information content (AvgIpc) is 2.59. The molecule has 2 rings (SSSR count). The molecule has 2 nitrogen and oxygen atoms in total. The molecule has 1 aliphatic rings. The highest BCUT2D eigenvalue weighted by Crippen LogP contribution is 2.41. The van der Waals surface area contributed by atoms with Crippen LogP contribution in [0.15, 0.2) is 11.1 Å². The molecule has 4 heteroatoms. The summed E-state index contributed by atoms with van der Waals surface area (Å²) in [5.74, 6) is 1.63. The van der Waals surface area contributed by atoms with Crippen molar-refractivity contribution in [1.29, 1.82) is 5.26 Å². The van der Waals surface area contributed by atoms with Gasteiger partial charge in [0.1, 0.15) is 6.07 Å². The van der Waals surface area contributed by atoms with Crippen molar-refractivity contribution in [3.05, 3.63) is 23.0 Å². The predicted molar refractivity (Wildman–Crippen MR) is 65.8 cm³/mol. The highest BCUT2D eigenvalue weighted by atomic mass is 127. The van der Waals surface area contributed by atoms with Crippen molar-refractivity contribution in [2.45, 2.75) is 22.2 Å². The van der Waals surface area contributed by atoms with Crippen LogP contribution in [0.25, 0.3) is 0 Å². The number of halogens is 1. The van der Waals surface area contributed by atoms with Gasteiger partial charge in [0.2, 0.25) is 0 Å². The number of aromatic nitrogens is 1. The topological polar surface area (TPSA) is 36.7 Å². The van der Waals surface area contributed by atoms with Crippen molar-refractivity contribution in [2.24, 2.45) is 0 Å². The van der Waals surface area contributed by atoms with Crippen LogP contribution >= 0.6 is 34.4 Å². The van der Waals surface area contributed by atoms with E-state index in [4.69, 9.17) is 5.26 Å². The van der Waals surface area contributed by atoms with E-state index in [2.05, 4.69) is 40.6 Å². The van der Waals surface area contributed by atoms with Gasteiger partial charge in [-0.2, -0.15) is 5.26 Å². The maximum absolute atomic E-state index is 8.94. The molecule has 0 saturated heterocycles. The smallest absolute Gasteiger partial charge is 0.101 e. The zero-order valence-electron chi connectivity index (χ0n) is 7.75. The van der Waals surface area contributed by atoms with Crippen LogP contribution < -0.4 is 0 Å². The Morgan fingerprint density at radius 3 is 3.21 bits per heavy atom. The van der Waals surface area contributed by atoms with Crippen LogP contribution in [-0.2, 0) is 4.43 Å². The quantitative estimate of drug-likeness (QED) is 0.590. The molecular formula is C10H9IN2S. The summed E-state index contributed by atoms with van der Waals surface area (Å²) >= 11 is 4.15. The maximum Gasteiger partial charge on any atom is 0.101 e. The van der Waals surface area contributed by atoms with Gasteiger partial charge in [-0.05, 0) is 5.56 Å². The summed E-state index contributed by atoms with van der Waals surface area (Å²) in [6.45, 7) is 2.19. The van der Waals surface area contributed by atoms with Gasteiger partial charge in [0, 0.05) is 27.2 Å². The molecule has 0 spiro atoms. The number of thioether (sulfide) groups is 1. The Morgan fingerprint density at radius 1 is 1.79 bits per heavy atom. The first-order valence-electron chi connectivity index (χ1n) is 4.38. The summed E-state index contributed by atoms with van der Waals surface area (Å²) in [6.07, 6.45) is 1.72. The number of pyridine rings is 1. The lowest BCUT2D eigenvalue weighted by Crippen LogP contribution is -1.98. The molecule has 1 aromatic heterocycles. The second-order valence-electron chi connectivity index (χ2n) is 3.32. The second kappa shape index (κ2) is 4.07. The van der Waals surface area contributed by atoms with E-state index in [9.17, 15) is 0 Å². The minimum absolute atomic E-state index is 0.532. The van der Waals surface area contributed by atoms with Crippen molar-refractivity contribution in [3.63, 3.8) is 0 Å². The van der Waals surface area contributed by atoms with E-state index in [0.717, 1.165) is 15.7 Å². The first kappa shape index (κ1) is 10.2. The zero-order valence-corrected chi connectivity index (χ0v) is 10.7. The molecule has 0 aromatic carbocycles. The largest absolute Gasteiger partial charge is 0.258 e. The zero-order chi connectivity index (χ0) is 10.1. The summed E-state index contributed by atoms with van der Waals surface area (Å²) in [5.41, 5.74) is 3.09. The number of hydrogen-bond donors (Lipinski definition) is 0. The molecule has 0 amide bonds. The molecule has 1 atom stereocenters. The van der Waals surface area contributed by atoms with Gasteiger partial charge in [-0.25, -0.2) is 0 Å². The lowest BCUT2D eigenvalue weighted by Gasteiger charge is -2.06. The summed E-state index contributed by atoms with van der Waals surface area (Å²) in [4.78, 5) is 5.63. The Labute approximate surface area is 101 Å². The van der Waals surface area contributed by atoms with Crippen LogP contribution in [0.5, 0.6) is 0 Å². The van der Waals surface area contributed by atoms with Gasteiger partial charge in [-0.15, -0.1) is 11.8 Å². The van der Waals surface area contributed by atoms with Gasteiger partial charge in [-0.1, -0.05) is 29.5 Å². The average molecular weight is 316 g/mol. The fourth-order valence-electron chi connectivity index (χ4n) is 1.58. The van der Waals surface area contributed by atoms with Crippen molar-refractivity contribution >= 4 is 34.4 Å². The van der Waals surface area contributed by atoms with Crippen molar-refractivity contribution < 1.29 is 0 Å². The molecule has 1 unspecified atom stereocenters. The Kier molecular flexibility index (Phi) is 2.98. The van der Waals surface area contributed by atoms with E-state index >= 15 is 0 Å². The highest BCUT2D eigenvalue weighted by Gasteiger charge is 2.24. The Bertz CT molecular complexity index is 411. The van der Waals surface area contributed by atoms with Gasteiger partial charge in [0.15, 0.2) is 0 Å². The monoisotopic (exact) mass is 316 g/mol. The van der Waals surface area contributed by atoms with Crippen LogP contribution in [0.2, 0.25) is 0 Å². The van der Waals surface area contributed by atoms with Crippen LogP contribution in [0, 0.1) is 11.3 Å². The molecule has 0 radical (unpaired) electrons. The Balaban J connectivity index is 2.61. The number of hydrogen-bond acceptors (Lipinski definition) is 3. The van der Waals surface area contributed by atoms with Crippen molar-refractivity contribution in [3.8, 4) is 6.07 Å².